The molecule has 0 saturated heterocycles. The molecule has 0 heterocycles. The van der Waals surface area contributed by atoms with Crippen LogP contribution in [0.1, 0.15) is 0 Å². The Morgan fingerprint density at radius 2 is 1.82 bits per heavy atom. The lowest BCUT2D eigenvalue weighted by Gasteiger charge is -2.08. The van der Waals surface area contributed by atoms with E-state index >= 15 is 0 Å². The molecule has 0 bridgehead atoms. The number of benzene rings is 2. The van der Waals surface area contributed by atoms with Crippen LogP contribution < -0.4 is 0 Å². The number of aromatic hydroxyl groups is 1. The van der Waals surface area contributed by atoms with Gasteiger partial charge in [-0.2, -0.15) is 0 Å². The third-order valence-electron chi connectivity index (χ3n) is 2.27. The third-order valence-corrected chi connectivity index (χ3v) is 3.12. The van der Waals surface area contributed by atoms with Gasteiger partial charge in [0.05, 0.1) is 10.0 Å². The number of phenols is 1. The summed E-state index contributed by atoms with van der Waals surface area (Å²) < 4.78 is 27.5. The van der Waals surface area contributed by atoms with E-state index < -0.39 is 11.6 Å². The summed E-state index contributed by atoms with van der Waals surface area (Å²) in [6, 6.07) is 6.44. The van der Waals surface area contributed by atoms with Crippen molar-refractivity contribution in [1.29, 1.82) is 0 Å². The smallest absolute Gasteiger partial charge is 0.148 e. The summed E-state index contributed by atoms with van der Waals surface area (Å²) in [5.41, 5.74) is -0.223. The zero-order chi connectivity index (χ0) is 12.6. The van der Waals surface area contributed by atoms with Crippen LogP contribution in [0.15, 0.2) is 34.8 Å². The molecule has 2 aromatic carbocycles. The largest absolute Gasteiger partial charge is 0.507 e. The fourth-order valence-electron chi connectivity index (χ4n) is 1.49. The number of rotatable bonds is 1. The Labute approximate surface area is 110 Å². The van der Waals surface area contributed by atoms with Gasteiger partial charge >= 0.3 is 0 Å². The summed E-state index contributed by atoms with van der Waals surface area (Å²) in [7, 11) is 0. The summed E-state index contributed by atoms with van der Waals surface area (Å²) in [5, 5.41) is 9.95. The topological polar surface area (TPSA) is 20.2 Å². The average Bonchev–Trinajstić information content (AvgIpc) is 2.27. The maximum absolute atomic E-state index is 13.8. The van der Waals surface area contributed by atoms with Crippen LogP contribution in [-0.2, 0) is 0 Å². The van der Waals surface area contributed by atoms with Gasteiger partial charge in [0.1, 0.15) is 17.4 Å². The second-order valence-corrected chi connectivity index (χ2v) is 4.67. The Morgan fingerprint density at radius 1 is 1.12 bits per heavy atom. The van der Waals surface area contributed by atoms with E-state index in [4.69, 9.17) is 11.6 Å². The van der Waals surface area contributed by atoms with Gasteiger partial charge in [-0.15, -0.1) is 0 Å². The Bertz CT molecular complexity index is 587. The van der Waals surface area contributed by atoms with Crippen molar-refractivity contribution < 1.29 is 13.9 Å². The molecule has 88 valence electrons. The van der Waals surface area contributed by atoms with E-state index in [1.165, 1.54) is 24.3 Å². The van der Waals surface area contributed by atoms with Crippen molar-refractivity contribution in [2.24, 2.45) is 0 Å². The van der Waals surface area contributed by atoms with Crippen LogP contribution in [0.2, 0.25) is 5.02 Å². The summed E-state index contributed by atoms with van der Waals surface area (Å²) >= 11 is 8.63. The van der Waals surface area contributed by atoms with E-state index in [9.17, 15) is 13.9 Å². The van der Waals surface area contributed by atoms with Crippen LogP contribution in [0.4, 0.5) is 8.78 Å². The molecule has 17 heavy (non-hydrogen) atoms. The van der Waals surface area contributed by atoms with Gasteiger partial charge in [0.25, 0.3) is 0 Å². The minimum Gasteiger partial charge on any atom is -0.507 e. The first-order chi connectivity index (χ1) is 8.00. The first-order valence-corrected chi connectivity index (χ1v) is 5.80. The third kappa shape index (κ3) is 2.28. The molecular formula is C12H6BrClF2O. The first-order valence-electron chi connectivity index (χ1n) is 4.63. The van der Waals surface area contributed by atoms with Crippen LogP contribution in [0.25, 0.3) is 11.1 Å². The SMILES string of the molecule is Oc1cc(Cl)ccc1-c1c(F)ccc(Br)c1F. The fraction of sp³-hybridized carbons (Fsp3) is 0. The predicted octanol–water partition coefficient (Wildman–Crippen LogP) is 4.75. The molecule has 5 heteroatoms. The van der Waals surface area contributed by atoms with Gasteiger partial charge in [-0.05, 0) is 46.3 Å². The minimum atomic E-state index is -0.761. The van der Waals surface area contributed by atoms with E-state index in [1.54, 1.807) is 0 Å². The van der Waals surface area contributed by atoms with Crippen LogP contribution >= 0.6 is 27.5 Å². The van der Waals surface area contributed by atoms with Crippen LogP contribution in [0, 0.1) is 11.6 Å². The van der Waals surface area contributed by atoms with Crippen molar-refractivity contribution in [3.05, 3.63) is 51.5 Å². The average molecular weight is 320 g/mol. The second kappa shape index (κ2) is 4.63. The molecule has 0 fully saturated rings. The minimum absolute atomic E-state index is 0.0608. The lowest BCUT2D eigenvalue weighted by atomic mass is 10.0. The molecule has 0 amide bonds. The fourth-order valence-corrected chi connectivity index (χ4v) is 1.99. The Kier molecular flexibility index (Phi) is 3.35. The van der Waals surface area contributed by atoms with Gasteiger partial charge in [-0.1, -0.05) is 11.6 Å². The zero-order valence-electron chi connectivity index (χ0n) is 8.35. The maximum Gasteiger partial charge on any atom is 0.148 e. The van der Waals surface area contributed by atoms with Crippen LogP contribution in [0.5, 0.6) is 5.75 Å². The van der Waals surface area contributed by atoms with E-state index in [0.717, 1.165) is 6.07 Å². The van der Waals surface area contributed by atoms with E-state index in [1.807, 2.05) is 0 Å². The molecule has 1 N–H and O–H groups in total. The van der Waals surface area contributed by atoms with Crippen molar-refractivity contribution >= 4 is 27.5 Å². The van der Waals surface area contributed by atoms with E-state index in [2.05, 4.69) is 15.9 Å². The highest BCUT2D eigenvalue weighted by atomic mass is 79.9. The number of halogens is 4. The van der Waals surface area contributed by atoms with Crippen molar-refractivity contribution in [3.8, 4) is 16.9 Å². The molecule has 0 radical (unpaired) electrons. The van der Waals surface area contributed by atoms with Gasteiger partial charge in [0.2, 0.25) is 0 Å². The number of hydrogen-bond donors (Lipinski definition) is 1. The van der Waals surface area contributed by atoms with Crippen molar-refractivity contribution in [2.45, 2.75) is 0 Å². The summed E-state index contributed by atoms with van der Waals surface area (Å²) in [6.45, 7) is 0. The highest BCUT2D eigenvalue weighted by molar-refractivity contribution is 9.10. The van der Waals surface area contributed by atoms with Gasteiger partial charge in [-0.25, -0.2) is 8.78 Å². The molecular weight excluding hydrogens is 313 g/mol. The molecule has 0 spiro atoms. The second-order valence-electron chi connectivity index (χ2n) is 3.38. The normalized spacial score (nSPS) is 10.6. The molecule has 0 atom stereocenters. The molecule has 0 aliphatic rings. The Morgan fingerprint density at radius 3 is 2.47 bits per heavy atom. The van der Waals surface area contributed by atoms with E-state index in [-0.39, 0.29) is 21.3 Å². The van der Waals surface area contributed by atoms with E-state index in [0.29, 0.717) is 5.02 Å². The molecule has 2 aromatic rings. The van der Waals surface area contributed by atoms with Crippen molar-refractivity contribution in [1.82, 2.24) is 0 Å². The Balaban J connectivity index is 2.72. The van der Waals surface area contributed by atoms with Crippen LogP contribution in [0.3, 0.4) is 0 Å². The number of phenolic OH excluding ortho intramolecular Hbond substituents is 1. The first kappa shape index (κ1) is 12.3. The monoisotopic (exact) mass is 318 g/mol. The Hall–Kier alpha value is -1.13. The molecule has 0 unspecified atom stereocenters. The van der Waals surface area contributed by atoms with Crippen LogP contribution in [-0.4, -0.2) is 5.11 Å². The van der Waals surface area contributed by atoms with Gasteiger partial charge in [0, 0.05) is 10.6 Å². The lowest BCUT2D eigenvalue weighted by molar-refractivity contribution is 0.475. The quantitative estimate of drug-likeness (QED) is 0.752. The molecule has 0 saturated carbocycles. The van der Waals surface area contributed by atoms with Crippen molar-refractivity contribution in [2.75, 3.05) is 0 Å². The molecule has 1 nitrogen and oxygen atoms in total. The standard InChI is InChI=1S/C12H6BrClF2O/c13-8-3-4-9(15)11(12(8)16)7-2-1-6(14)5-10(7)17/h1-5,17H. The van der Waals surface area contributed by atoms with Gasteiger partial charge in [0.15, 0.2) is 0 Å². The van der Waals surface area contributed by atoms with Crippen molar-refractivity contribution in [3.63, 3.8) is 0 Å². The predicted molar refractivity (Wildman–Crippen MR) is 66.2 cm³/mol. The lowest BCUT2D eigenvalue weighted by Crippen LogP contribution is -1.91. The summed E-state index contributed by atoms with van der Waals surface area (Å²) in [6.07, 6.45) is 0. The van der Waals surface area contributed by atoms with Gasteiger partial charge in [-0.3, -0.25) is 0 Å². The number of hydrogen-bond acceptors (Lipinski definition) is 1. The maximum atomic E-state index is 13.8. The molecule has 0 aliphatic carbocycles. The molecule has 2 rings (SSSR count). The molecule has 0 aliphatic heterocycles. The zero-order valence-corrected chi connectivity index (χ0v) is 10.7. The summed E-state index contributed by atoms with van der Waals surface area (Å²) in [5.74, 6) is -1.78. The van der Waals surface area contributed by atoms with Gasteiger partial charge < -0.3 is 5.11 Å². The highest BCUT2D eigenvalue weighted by Gasteiger charge is 2.17. The highest BCUT2D eigenvalue weighted by Crippen LogP contribution is 2.36. The summed E-state index contributed by atoms with van der Waals surface area (Å²) in [4.78, 5) is 0. The molecule has 0 aromatic heterocycles.